The highest BCUT2D eigenvalue weighted by atomic mass is 15.2. The van der Waals surface area contributed by atoms with Gasteiger partial charge in [0.2, 0.25) is 12.0 Å². The maximum atomic E-state index is 5.94. The Labute approximate surface area is 82.2 Å². The summed E-state index contributed by atoms with van der Waals surface area (Å²) in [4.78, 5) is 8.58. The second-order valence-corrected chi connectivity index (χ2v) is 3.12. The number of nitrogens with two attached hydrogens (primary N) is 1. The molecule has 0 atom stereocenters. The predicted octanol–water partition coefficient (Wildman–Crippen LogP) is 0.341. The molecule has 5 heteroatoms. The summed E-state index contributed by atoms with van der Waals surface area (Å²) in [5, 5.41) is 0. The Morgan fingerprint density at radius 1 is 1.43 bits per heavy atom. The van der Waals surface area contributed by atoms with Crippen molar-refractivity contribution in [1.82, 2.24) is 14.5 Å². The van der Waals surface area contributed by atoms with Gasteiger partial charge in [0.25, 0.3) is 5.82 Å². The fourth-order valence-corrected chi connectivity index (χ4v) is 1.50. The fraction of sp³-hybridized carbons (Fsp3) is 0.444. The molecule has 2 aromatic rings. The highest BCUT2D eigenvalue weighted by Crippen LogP contribution is 2.12. The zero-order chi connectivity index (χ0) is 10.1. The van der Waals surface area contributed by atoms with Crippen molar-refractivity contribution in [3.63, 3.8) is 0 Å². The molecule has 0 aliphatic carbocycles. The van der Waals surface area contributed by atoms with E-state index < -0.39 is 0 Å². The minimum atomic E-state index is 0.685. The highest BCUT2D eigenvalue weighted by molar-refractivity contribution is 5.79. The summed E-state index contributed by atoms with van der Waals surface area (Å²) in [5.41, 5.74) is 7.59. The molecule has 14 heavy (non-hydrogen) atoms. The van der Waals surface area contributed by atoms with E-state index in [1.54, 1.807) is 12.7 Å². The number of aryl methyl sites for hydroxylation is 2. The van der Waals surface area contributed by atoms with Crippen molar-refractivity contribution in [2.75, 3.05) is 5.73 Å². The number of anilines is 1. The maximum absolute atomic E-state index is 5.94. The first-order valence-corrected chi connectivity index (χ1v) is 4.76. The standard InChI is InChI=1S/C9H13N5/c1-3-13-6-12-9-7(8(13)10)11-5-14(9)4-2/h5-6,10H,3-4H2,1-2H3/p+1. The van der Waals surface area contributed by atoms with Gasteiger partial charge in [-0.05, 0) is 13.8 Å². The van der Waals surface area contributed by atoms with Crippen LogP contribution in [0.5, 0.6) is 0 Å². The molecule has 74 valence electrons. The molecule has 2 heterocycles. The van der Waals surface area contributed by atoms with Crippen molar-refractivity contribution < 1.29 is 4.57 Å². The number of aromatic nitrogens is 4. The van der Waals surface area contributed by atoms with Gasteiger partial charge in [-0.15, -0.1) is 0 Å². The van der Waals surface area contributed by atoms with Crippen LogP contribution in [0.4, 0.5) is 5.82 Å². The third kappa shape index (κ3) is 1.13. The molecule has 0 aromatic carbocycles. The van der Waals surface area contributed by atoms with E-state index in [2.05, 4.69) is 16.9 Å². The van der Waals surface area contributed by atoms with Gasteiger partial charge in [-0.1, -0.05) is 4.98 Å². The van der Waals surface area contributed by atoms with Crippen LogP contribution in [0.2, 0.25) is 0 Å². The molecule has 0 aliphatic rings. The zero-order valence-electron chi connectivity index (χ0n) is 8.44. The van der Waals surface area contributed by atoms with Crippen LogP contribution in [0.25, 0.3) is 11.2 Å². The lowest BCUT2D eigenvalue weighted by atomic mass is 10.4. The van der Waals surface area contributed by atoms with E-state index in [1.807, 2.05) is 16.1 Å². The number of hydrogen-bond acceptors (Lipinski definition) is 3. The molecule has 0 aliphatic heterocycles. The molecule has 0 saturated carbocycles. The molecule has 0 unspecified atom stereocenters. The molecule has 0 amide bonds. The van der Waals surface area contributed by atoms with Gasteiger partial charge >= 0.3 is 0 Å². The second-order valence-electron chi connectivity index (χ2n) is 3.12. The molecule has 2 aromatic heterocycles. The maximum Gasteiger partial charge on any atom is 0.250 e. The largest absolute Gasteiger partial charge is 0.317 e. The number of rotatable bonds is 2. The van der Waals surface area contributed by atoms with E-state index in [1.165, 1.54) is 0 Å². The molecule has 5 nitrogen and oxygen atoms in total. The Balaban J connectivity index is 2.72. The zero-order valence-corrected chi connectivity index (χ0v) is 8.44. The van der Waals surface area contributed by atoms with Crippen LogP contribution in [0, 0.1) is 0 Å². The summed E-state index contributed by atoms with van der Waals surface area (Å²) < 4.78 is 3.86. The summed E-state index contributed by atoms with van der Waals surface area (Å²) in [7, 11) is 0. The van der Waals surface area contributed by atoms with Gasteiger partial charge in [0.15, 0.2) is 5.52 Å². The van der Waals surface area contributed by atoms with Crippen molar-refractivity contribution in [3.8, 4) is 0 Å². The van der Waals surface area contributed by atoms with Crippen molar-refractivity contribution in [1.29, 1.82) is 0 Å². The van der Waals surface area contributed by atoms with Gasteiger partial charge in [0, 0.05) is 6.54 Å². The SMILES string of the molecule is CCn1cnc2c(N)[n+](CC)cnc21. The first kappa shape index (κ1) is 8.93. The Morgan fingerprint density at radius 3 is 2.86 bits per heavy atom. The molecule has 0 spiro atoms. The molecule has 0 radical (unpaired) electrons. The summed E-state index contributed by atoms with van der Waals surface area (Å²) in [6, 6.07) is 0. The number of nitrogens with zero attached hydrogens (tertiary/aromatic N) is 4. The van der Waals surface area contributed by atoms with Gasteiger partial charge in [-0.25, -0.2) is 9.55 Å². The lowest BCUT2D eigenvalue weighted by molar-refractivity contribution is -0.681. The number of nitrogen functional groups attached to an aromatic ring is 1. The molecule has 2 rings (SSSR count). The lowest BCUT2D eigenvalue weighted by Crippen LogP contribution is -2.36. The second kappa shape index (κ2) is 3.25. The molecule has 0 fully saturated rings. The summed E-state index contributed by atoms with van der Waals surface area (Å²) >= 11 is 0. The lowest BCUT2D eigenvalue weighted by Gasteiger charge is -1.99. The molecular weight excluding hydrogens is 178 g/mol. The van der Waals surface area contributed by atoms with Crippen LogP contribution >= 0.6 is 0 Å². The number of fused-ring (bicyclic) bond motifs is 1. The number of imidazole rings is 1. The monoisotopic (exact) mass is 192 g/mol. The predicted molar refractivity (Wildman–Crippen MR) is 53.5 cm³/mol. The van der Waals surface area contributed by atoms with Crippen molar-refractivity contribution in [2.24, 2.45) is 0 Å². The van der Waals surface area contributed by atoms with E-state index in [4.69, 9.17) is 5.73 Å². The Morgan fingerprint density at radius 2 is 2.21 bits per heavy atom. The van der Waals surface area contributed by atoms with Crippen molar-refractivity contribution >= 4 is 17.0 Å². The first-order chi connectivity index (χ1) is 6.77. The van der Waals surface area contributed by atoms with Crippen LogP contribution in [0.3, 0.4) is 0 Å². The Kier molecular flexibility index (Phi) is 2.07. The molecule has 0 saturated heterocycles. The average molecular weight is 192 g/mol. The van der Waals surface area contributed by atoms with E-state index in [0.29, 0.717) is 5.82 Å². The normalized spacial score (nSPS) is 11.0. The molecule has 0 bridgehead atoms. The van der Waals surface area contributed by atoms with Gasteiger partial charge in [0.05, 0.1) is 12.9 Å². The number of hydrogen-bond donors (Lipinski definition) is 1. The van der Waals surface area contributed by atoms with Crippen LogP contribution in [-0.4, -0.2) is 14.5 Å². The van der Waals surface area contributed by atoms with Crippen LogP contribution in [0.15, 0.2) is 12.7 Å². The quantitative estimate of drug-likeness (QED) is 0.698. The Bertz CT molecular complexity index is 459. The first-order valence-electron chi connectivity index (χ1n) is 4.76. The van der Waals surface area contributed by atoms with Gasteiger partial charge in [-0.3, -0.25) is 0 Å². The van der Waals surface area contributed by atoms with E-state index in [-0.39, 0.29) is 0 Å². The van der Waals surface area contributed by atoms with E-state index in [0.717, 1.165) is 24.3 Å². The third-order valence-corrected chi connectivity index (χ3v) is 2.36. The summed E-state index contributed by atoms with van der Waals surface area (Å²) in [6.45, 7) is 5.76. The minimum Gasteiger partial charge on any atom is -0.317 e. The topological polar surface area (TPSA) is 60.6 Å². The van der Waals surface area contributed by atoms with Gasteiger partial charge in [-0.2, -0.15) is 0 Å². The van der Waals surface area contributed by atoms with Gasteiger partial charge in [0.1, 0.15) is 0 Å². The summed E-state index contributed by atoms with van der Waals surface area (Å²) in [5.74, 6) is 0.685. The third-order valence-electron chi connectivity index (χ3n) is 2.36. The highest BCUT2D eigenvalue weighted by Gasteiger charge is 2.14. The van der Waals surface area contributed by atoms with E-state index in [9.17, 15) is 0 Å². The van der Waals surface area contributed by atoms with Crippen molar-refractivity contribution in [3.05, 3.63) is 12.7 Å². The van der Waals surface area contributed by atoms with Crippen LogP contribution in [-0.2, 0) is 13.1 Å². The Hall–Kier alpha value is -1.65. The summed E-state index contributed by atoms with van der Waals surface area (Å²) in [6.07, 6.45) is 3.53. The minimum absolute atomic E-state index is 0.685. The molecular formula is C9H14N5+. The van der Waals surface area contributed by atoms with Crippen molar-refractivity contribution in [2.45, 2.75) is 26.9 Å². The van der Waals surface area contributed by atoms with Gasteiger partial charge < -0.3 is 10.3 Å². The van der Waals surface area contributed by atoms with Crippen LogP contribution < -0.4 is 10.3 Å². The fourth-order valence-electron chi connectivity index (χ4n) is 1.50. The van der Waals surface area contributed by atoms with E-state index >= 15 is 0 Å². The molecule has 2 N–H and O–H groups in total. The van der Waals surface area contributed by atoms with Crippen LogP contribution in [0.1, 0.15) is 13.8 Å². The average Bonchev–Trinajstić information content (AvgIpc) is 2.62. The smallest absolute Gasteiger partial charge is 0.250 e.